The van der Waals surface area contributed by atoms with E-state index in [-0.39, 0.29) is 10.7 Å². The second-order valence-electron chi connectivity index (χ2n) is 6.30. The number of amides is 1. The number of thioether (sulfide) groups is 1. The van der Waals surface area contributed by atoms with Gasteiger partial charge in [0.15, 0.2) is 0 Å². The molecule has 1 fully saturated rings. The second-order valence-corrected chi connectivity index (χ2v) is 8.10. The standard InChI is InChI=1S/C16H25N3O2S/c1-16(2,3)22-12-15(20)18-11-13-4-5-17-14(10-13)19-6-8-21-9-7-19/h4-5,10H,6-9,11-12H2,1-3H3,(H,18,20). The zero-order chi connectivity index (χ0) is 16.0. The highest BCUT2D eigenvalue weighted by molar-refractivity contribution is 8.01. The summed E-state index contributed by atoms with van der Waals surface area (Å²) < 4.78 is 5.46. The van der Waals surface area contributed by atoms with Crippen LogP contribution in [0.25, 0.3) is 0 Å². The Morgan fingerprint density at radius 3 is 2.82 bits per heavy atom. The van der Waals surface area contributed by atoms with Gasteiger partial charge in [-0.2, -0.15) is 0 Å². The van der Waals surface area contributed by atoms with E-state index in [2.05, 4.69) is 36.0 Å². The van der Waals surface area contributed by atoms with E-state index in [1.165, 1.54) is 0 Å². The molecule has 0 radical (unpaired) electrons. The van der Waals surface area contributed by atoms with Gasteiger partial charge in [-0.1, -0.05) is 20.8 Å². The maximum absolute atomic E-state index is 11.9. The fraction of sp³-hybridized carbons (Fsp3) is 0.625. The number of carbonyl (C=O) groups excluding carboxylic acids is 1. The molecule has 0 saturated carbocycles. The van der Waals surface area contributed by atoms with Gasteiger partial charge in [0.25, 0.3) is 0 Å². The predicted octanol–water partition coefficient (Wildman–Crippen LogP) is 2.07. The van der Waals surface area contributed by atoms with Crippen molar-refractivity contribution in [2.24, 2.45) is 0 Å². The minimum atomic E-state index is 0.0738. The Balaban J connectivity index is 1.84. The molecule has 0 bridgehead atoms. The van der Waals surface area contributed by atoms with Gasteiger partial charge in [-0.3, -0.25) is 4.79 Å². The summed E-state index contributed by atoms with van der Waals surface area (Å²) in [4.78, 5) is 18.5. The van der Waals surface area contributed by atoms with Gasteiger partial charge in [0, 0.05) is 30.6 Å². The van der Waals surface area contributed by atoms with E-state index in [1.807, 2.05) is 12.1 Å². The largest absolute Gasteiger partial charge is 0.378 e. The lowest BCUT2D eigenvalue weighted by Crippen LogP contribution is -2.36. The molecule has 1 saturated heterocycles. The Morgan fingerprint density at radius 2 is 2.14 bits per heavy atom. The van der Waals surface area contributed by atoms with Crippen molar-refractivity contribution < 1.29 is 9.53 Å². The molecule has 0 aromatic carbocycles. The zero-order valence-electron chi connectivity index (χ0n) is 13.6. The van der Waals surface area contributed by atoms with E-state index in [0.29, 0.717) is 12.3 Å². The maximum atomic E-state index is 11.9. The first-order valence-corrected chi connectivity index (χ1v) is 8.61. The van der Waals surface area contributed by atoms with Gasteiger partial charge in [0.2, 0.25) is 5.91 Å². The van der Waals surface area contributed by atoms with E-state index in [4.69, 9.17) is 4.74 Å². The van der Waals surface area contributed by atoms with Crippen LogP contribution in [0, 0.1) is 0 Å². The Bertz CT molecular complexity index is 496. The molecule has 1 aromatic rings. The summed E-state index contributed by atoms with van der Waals surface area (Å²) >= 11 is 1.66. The highest BCUT2D eigenvalue weighted by atomic mass is 32.2. The summed E-state index contributed by atoms with van der Waals surface area (Å²) in [6.07, 6.45) is 1.80. The summed E-state index contributed by atoms with van der Waals surface area (Å²) in [5.41, 5.74) is 1.07. The molecule has 1 aliphatic heterocycles. The molecule has 5 nitrogen and oxygen atoms in total. The van der Waals surface area contributed by atoms with Crippen LogP contribution in [0.2, 0.25) is 0 Å². The zero-order valence-corrected chi connectivity index (χ0v) is 14.4. The Hall–Kier alpha value is -1.27. The molecule has 0 unspecified atom stereocenters. The number of morpholine rings is 1. The van der Waals surface area contributed by atoms with Crippen molar-refractivity contribution in [1.29, 1.82) is 0 Å². The SMILES string of the molecule is CC(C)(C)SCC(=O)NCc1ccnc(N2CCOCC2)c1. The number of hydrogen-bond donors (Lipinski definition) is 1. The molecule has 1 amide bonds. The molecular weight excluding hydrogens is 298 g/mol. The number of hydrogen-bond acceptors (Lipinski definition) is 5. The van der Waals surface area contributed by atoms with Gasteiger partial charge < -0.3 is 15.0 Å². The third kappa shape index (κ3) is 5.85. The summed E-state index contributed by atoms with van der Waals surface area (Å²) in [5.74, 6) is 1.52. The van der Waals surface area contributed by atoms with Gasteiger partial charge in [-0.25, -0.2) is 4.98 Å². The highest BCUT2D eigenvalue weighted by Gasteiger charge is 2.14. The van der Waals surface area contributed by atoms with Crippen LogP contribution in [0.5, 0.6) is 0 Å². The van der Waals surface area contributed by atoms with Crippen molar-refractivity contribution in [3.63, 3.8) is 0 Å². The molecule has 0 aliphatic carbocycles. The van der Waals surface area contributed by atoms with Crippen molar-refractivity contribution >= 4 is 23.5 Å². The first-order valence-electron chi connectivity index (χ1n) is 7.62. The van der Waals surface area contributed by atoms with Crippen LogP contribution in [0.3, 0.4) is 0 Å². The number of aromatic nitrogens is 1. The first-order chi connectivity index (χ1) is 10.4. The van der Waals surface area contributed by atoms with Gasteiger partial charge in [0.05, 0.1) is 19.0 Å². The van der Waals surface area contributed by atoms with Crippen molar-refractivity contribution in [2.75, 3.05) is 37.0 Å². The molecule has 1 N–H and O–H groups in total. The number of ether oxygens (including phenoxy) is 1. The summed E-state index contributed by atoms with van der Waals surface area (Å²) in [6.45, 7) is 10.1. The van der Waals surface area contributed by atoms with Crippen molar-refractivity contribution in [2.45, 2.75) is 32.1 Å². The monoisotopic (exact) mass is 323 g/mol. The Labute approximate surface area is 136 Å². The summed E-state index contributed by atoms with van der Waals surface area (Å²) in [5, 5.41) is 2.97. The number of anilines is 1. The molecule has 1 aromatic heterocycles. The molecule has 6 heteroatoms. The summed E-state index contributed by atoms with van der Waals surface area (Å²) in [6, 6.07) is 3.99. The topological polar surface area (TPSA) is 54.5 Å². The summed E-state index contributed by atoms with van der Waals surface area (Å²) in [7, 11) is 0. The van der Waals surface area contributed by atoms with Crippen LogP contribution < -0.4 is 10.2 Å². The number of nitrogens with one attached hydrogen (secondary N) is 1. The molecule has 2 heterocycles. The molecule has 122 valence electrons. The number of pyridine rings is 1. The van der Waals surface area contributed by atoms with Crippen molar-refractivity contribution in [1.82, 2.24) is 10.3 Å². The molecule has 22 heavy (non-hydrogen) atoms. The van der Waals surface area contributed by atoms with Crippen LogP contribution in [0.4, 0.5) is 5.82 Å². The highest BCUT2D eigenvalue weighted by Crippen LogP contribution is 2.22. The lowest BCUT2D eigenvalue weighted by Gasteiger charge is -2.28. The van der Waals surface area contributed by atoms with Crippen LogP contribution in [-0.4, -0.2) is 47.7 Å². The van der Waals surface area contributed by atoms with Crippen molar-refractivity contribution in [3.05, 3.63) is 23.9 Å². The van der Waals surface area contributed by atoms with Gasteiger partial charge in [-0.15, -0.1) is 11.8 Å². The normalized spacial score (nSPS) is 15.7. The van der Waals surface area contributed by atoms with Crippen LogP contribution in [0.1, 0.15) is 26.3 Å². The van der Waals surface area contributed by atoms with Gasteiger partial charge >= 0.3 is 0 Å². The maximum Gasteiger partial charge on any atom is 0.230 e. The average Bonchev–Trinajstić information content (AvgIpc) is 2.51. The number of carbonyl (C=O) groups is 1. The number of rotatable bonds is 5. The van der Waals surface area contributed by atoms with E-state index in [9.17, 15) is 4.79 Å². The minimum absolute atomic E-state index is 0.0738. The molecule has 0 spiro atoms. The van der Waals surface area contributed by atoms with Crippen LogP contribution in [0.15, 0.2) is 18.3 Å². The average molecular weight is 323 g/mol. The predicted molar refractivity (Wildman–Crippen MR) is 91.3 cm³/mol. The number of nitrogens with zero attached hydrogens (tertiary/aromatic N) is 2. The van der Waals surface area contributed by atoms with Crippen molar-refractivity contribution in [3.8, 4) is 0 Å². The molecule has 1 aliphatic rings. The lowest BCUT2D eigenvalue weighted by atomic mass is 10.2. The molecule has 2 rings (SSSR count). The fourth-order valence-corrected chi connectivity index (χ4v) is 2.74. The minimum Gasteiger partial charge on any atom is -0.378 e. The van der Waals surface area contributed by atoms with E-state index in [0.717, 1.165) is 37.7 Å². The third-order valence-electron chi connectivity index (χ3n) is 3.27. The lowest BCUT2D eigenvalue weighted by molar-refractivity contribution is -0.118. The fourth-order valence-electron chi connectivity index (χ4n) is 2.07. The smallest absolute Gasteiger partial charge is 0.230 e. The second kappa shape index (κ2) is 7.83. The Morgan fingerprint density at radius 1 is 1.41 bits per heavy atom. The van der Waals surface area contributed by atoms with Gasteiger partial charge in [-0.05, 0) is 17.7 Å². The molecule has 0 atom stereocenters. The van der Waals surface area contributed by atoms with E-state index >= 15 is 0 Å². The molecular formula is C16H25N3O2S. The van der Waals surface area contributed by atoms with E-state index in [1.54, 1.807) is 18.0 Å². The van der Waals surface area contributed by atoms with Crippen LogP contribution in [-0.2, 0) is 16.1 Å². The van der Waals surface area contributed by atoms with E-state index < -0.39 is 0 Å². The van der Waals surface area contributed by atoms with Gasteiger partial charge in [0.1, 0.15) is 5.82 Å². The quantitative estimate of drug-likeness (QED) is 0.899. The Kier molecular flexibility index (Phi) is 6.08. The first kappa shape index (κ1) is 17.1. The third-order valence-corrected chi connectivity index (χ3v) is 4.54. The van der Waals surface area contributed by atoms with Crippen LogP contribution >= 0.6 is 11.8 Å².